The molecule has 154 valence electrons. The van der Waals surface area contributed by atoms with E-state index in [0.717, 1.165) is 12.1 Å². The number of nitriles is 1. The molecule has 0 atom stereocenters. The van der Waals surface area contributed by atoms with Crippen LogP contribution in [-0.2, 0) is 16.4 Å². The zero-order chi connectivity index (χ0) is 21.7. The van der Waals surface area contributed by atoms with Gasteiger partial charge in [-0.05, 0) is 23.8 Å². The van der Waals surface area contributed by atoms with Crippen LogP contribution in [-0.4, -0.2) is 26.2 Å². The summed E-state index contributed by atoms with van der Waals surface area (Å²) in [7, 11) is 1.42. The van der Waals surface area contributed by atoms with Crippen LogP contribution < -0.4 is 14.8 Å². The molecule has 0 radical (unpaired) electrons. The lowest BCUT2D eigenvalue weighted by atomic mass is 9.83. The molecule has 2 aromatic rings. The van der Waals surface area contributed by atoms with Gasteiger partial charge in [0.15, 0.2) is 18.1 Å². The van der Waals surface area contributed by atoms with Gasteiger partial charge in [-0.25, -0.2) is 0 Å². The van der Waals surface area contributed by atoms with E-state index in [1.54, 1.807) is 19.9 Å². The third-order valence-corrected chi connectivity index (χ3v) is 4.35. The first-order valence-electron chi connectivity index (χ1n) is 8.72. The summed E-state index contributed by atoms with van der Waals surface area (Å²) in [6.07, 6.45) is -4.43. The summed E-state index contributed by atoms with van der Waals surface area (Å²) < 4.78 is 49.3. The summed E-state index contributed by atoms with van der Waals surface area (Å²) in [6, 6.07) is 11.6. The van der Waals surface area contributed by atoms with Crippen LogP contribution in [0.1, 0.15) is 30.5 Å². The molecule has 2 aromatic carbocycles. The second kappa shape index (κ2) is 8.86. The molecule has 1 N–H and O–H groups in total. The summed E-state index contributed by atoms with van der Waals surface area (Å²) in [5.74, 6) is 0.191. The summed E-state index contributed by atoms with van der Waals surface area (Å²) in [5, 5.41) is 11.6. The molecule has 0 aromatic heterocycles. The molecule has 29 heavy (non-hydrogen) atoms. The van der Waals surface area contributed by atoms with Crippen LogP contribution in [0.25, 0.3) is 0 Å². The number of methoxy groups -OCH3 is 1. The average Bonchev–Trinajstić information content (AvgIpc) is 2.70. The molecule has 0 bridgehead atoms. The first-order valence-corrected chi connectivity index (χ1v) is 8.72. The Labute approximate surface area is 167 Å². The second-order valence-electron chi connectivity index (χ2n) is 7.01. The van der Waals surface area contributed by atoms with E-state index in [4.69, 9.17) is 14.7 Å². The van der Waals surface area contributed by atoms with Crippen molar-refractivity contribution < 1.29 is 27.4 Å². The second-order valence-corrected chi connectivity index (χ2v) is 7.01. The van der Waals surface area contributed by atoms with Crippen molar-refractivity contribution in [2.45, 2.75) is 25.4 Å². The maximum Gasteiger partial charge on any atom is 0.416 e. The molecule has 0 saturated carbocycles. The minimum absolute atomic E-state index is 0.126. The fourth-order valence-corrected chi connectivity index (χ4v) is 2.59. The van der Waals surface area contributed by atoms with Gasteiger partial charge in [-0.2, -0.15) is 18.4 Å². The van der Waals surface area contributed by atoms with E-state index in [9.17, 15) is 18.0 Å². The van der Waals surface area contributed by atoms with Crippen molar-refractivity contribution in [3.05, 3.63) is 59.2 Å². The number of ether oxygens (including phenoxy) is 2. The van der Waals surface area contributed by atoms with Gasteiger partial charge >= 0.3 is 6.18 Å². The van der Waals surface area contributed by atoms with Gasteiger partial charge in [-0.1, -0.05) is 32.0 Å². The molecular weight excluding hydrogens is 385 g/mol. The highest BCUT2D eigenvalue weighted by Crippen LogP contribution is 2.32. The third-order valence-electron chi connectivity index (χ3n) is 4.35. The number of alkyl halides is 3. The average molecular weight is 406 g/mol. The zero-order valence-electron chi connectivity index (χ0n) is 16.3. The lowest BCUT2D eigenvalue weighted by Gasteiger charge is -2.26. The summed E-state index contributed by atoms with van der Waals surface area (Å²) >= 11 is 0. The van der Waals surface area contributed by atoms with Crippen molar-refractivity contribution in [1.29, 1.82) is 5.26 Å². The molecule has 8 heteroatoms. The van der Waals surface area contributed by atoms with Crippen LogP contribution in [0.15, 0.2) is 42.5 Å². The molecule has 0 aliphatic rings. The van der Waals surface area contributed by atoms with Gasteiger partial charge in [0.25, 0.3) is 5.91 Å². The molecule has 0 fully saturated rings. The van der Waals surface area contributed by atoms with Crippen LogP contribution in [0, 0.1) is 11.3 Å². The first-order chi connectivity index (χ1) is 13.6. The number of hydrogen-bond donors (Lipinski definition) is 1. The van der Waals surface area contributed by atoms with Crippen molar-refractivity contribution >= 4 is 5.91 Å². The van der Waals surface area contributed by atoms with Crippen molar-refractivity contribution in [1.82, 2.24) is 5.32 Å². The number of benzene rings is 2. The largest absolute Gasteiger partial charge is 0.493 e. The monoisotopic (exact) mass is 406 g/mol. The lowest BCUT2D eigenvalue weighted by Crippen LogP contribution is -2.39. The predicted octanol–water partition coefficient (Wildman–Crippen LogP) is 4.06. The minimum Gasteiger partial charge on any atom is -0.493 e. The highest BCUT2D eigenvalue weighted by atomic mass is 19.4. The Morgan fingerprint density at radius 3 is 2.41 bits per heavy atom. The van der Waals surface area contributed by atoms with Crippen molar-refractivity contribution in [2.75, 3.05) is 20.3 Å². The van der Waals surface area contributed by atoms with Gasteiger partial charge in [0.05, 0.1) is 24.3 Å². The van der Waals surface area contributed by atoms with Crippen LogP contribution in [0.3, 0.4) is 0 Å². The summed E-state index contributed by atoms with van der Waals surface area (Å²) in [4.78, 5) is 12.1. The molecule has 0 heterocycles. The van der Waals surface area contributed by atoms with Gasteiger partial charge in [0.1, 0.15) is 0 Å². The van der Waals surface area contributed by atoms with E-state index in [2.05, 4.69) is 5.32 Å². The third kappa shape index (κ3) is 5.88. The highest BCUT2D eigenvalue weighted by molar-refractivity contribution is 5.77. The fourth-order valence-electron chi connectivity index (χ4n) is 2.59. The first kappa shape index (κ1) is 22.1. The quantitative estimate of drug-likeness (QED) is 0.753. The van der Waals surface area contributed by atoms with Crippen LogP contribution >= 0.6 is 0 Å². The molecule has 1 amide bonds. The number of nitrogens with one attached hydrogen (secondary N) is 1. The maximum absolute atomic E-state index is 12.9. The molecule has 0 spiro atoms. The van der Waals surface area contributed by atoms with Gasteiger partial charge in [-0.15, -0.1) is 0 Å². The number of carbonyl (C=O) groups excluding carboxylic acids is 1. The van der Waals surface area contributed by atoms with Crippen molar-refractivity contribution in [2.24, 2.45) is 0 Å². The Morgan fingerprint density at radius 2 is 1.79 bits per heavy atom. The zero-order valence-corrected chi connectivity index (χ0v) is 16.3. The fraction of sp³-hybridized carbons (Fsp3) is 0.333. The van der Waals surface area contributed by atoms with Crippen LogP contribution in [0.2, 0.25) is 0 Å². The Balaban J connectivity index is 1.97. The lowest BCUT2D eigenvalue weighted by molar-refractivity contribution is -0.137. The van der Waals surface area contributed by atoms with Crippen LogP contribution in [0.4, 0.5) is 13.2 Å². The summed E-state index contributed by atoms with van der Waals surface area (Å²) in [6.45, 7) is 3.31. The Bertz CT molecular complexity index is 918. The molecule has 0 aliphatic heterocycles. The molecule has 0 aliphatic carbocycles. The number of halogens is 3. The molecule has 2 rings (SSSR count). The maximum atomic E-state index is 12.9. The minimum atomic E-state index is -4.43. The van der Waals surface area contributed by atoms with Crippen molar-refractivity contribution in [3.63, 3.8) is 0 Å². The SMILES string of the molecule is COc1cc(C#N)ccc1OCC(=O)NCC(C)(C)c1cccc(C(F)(F)F)c1. The highest BCUT2D eigenvalue weighted by Gasteiger charge is 2.32. The normalized spacial score (nSPS) is 11.5. The number of amides is 1. The number of hydrogen-bond acceptors (Lipinski definition) is 4. The topological polar surface area (TPSA) is 71.3 Å². The van der Waals surface area contributed by atoms with Gasteiger partial charge in [-0.3, -0.25) is 4.79 Å². The van der Waals surface area contributed by atoms with Gasteiger partial charge < -0.3 is 14.8 Å². The number of rotatable bonds is 7. The van der Waals surface area contributed by atoms with Gasteiger partial charge in [0.2, 0.25) is 0 Å². The Hall–Kier alpha value is -3.21. The summed E-state index contributed by atoms with van der Waals surface area (Å²) in [5.41, 5.74) is -0.599. The van der Waals surface area contributed by atoms with E-state index in [-0.39, 0.29) is 13.2 Å². The van der Waals surface area contributed by atoms with E-state index in [1.807, 2.05) is 6.07 Å². The smallest absolute Gasteiger partial charge is 0.416 e. The Kier molecular flexibility index (Phi) is 6.75. The standard InChI is InChI=1S/C21H21F3N2O3/c1-20(2,15-5-4-6-16(10-15)21(22,23)24)13-26-19(27)12-29-17-8-7-14(11-25)9-18(17)28-3/h4-10H,12-13H2,1-3H3,(H,26,27). The van der Waals surface area contributed by atoms with Crippen LogP contribution in [0.5, 0.6) is 11.5 Å². The molecular formula is C21H21F3N2O3. The molecule has 5 nitrogen and oxygen atoms in total. The van der Waals surface area contributed by atoms with Crippen molar-refractivity contribution in [3.8, 4) is 17.6 Å². The Morgan fingerprint density at radius 1 is 1.10 bits per heavy atom. The van der Waals surface area contributed by atoms with E-state index in [1.165, 1.54) is 31.4 Å². The predicted molar refractivity (Wildman–Crippen MR) is 101 cm³/mol. The van der Waals surface area contributed by atoms with Gasteiger partial charge in [0, 0.05) is 18.0 Å². The van der Waals surface area contributed by atoms with E-state index < -0.39 is 23.1 Å². The number of carbonyl (C=O) groups is 1. The number of nitrogens with zero attached hydrogens (tertiary/aromatic N) is 1. The molecule has 0 unspecified atom stereocenters. The van der Waals surface area contributed by atoms with E-state index >= 15 is 0 Å². The molecule has 0 saturated heterocycles. The van der Waals surface area contributed by atoms with E-state index in [0.29, 0.717) is 22.6 Å².